The second kappa shape index (κ2) is 5.66. The first-order valence-electron chi connectivity index (χ1n) is 7.47. The second-order valence-electron chi connectivity index (χ2n) is 5.29. The first-order chi connectivity index (χ1) is 11.8. The fourth-order valence-electron chi connectivity index (χ4n) is 2.62. The zero-order valence-corrected chi connectivity index (χ0v) is 13.0. The number of imidazole rings is 1. The van der Waals surface area contributed by atoms with Crippen molar-refractivity contribution in [2.75, 3.05) is 12.8 Å². The number of aromatic amines is 1. The molecule has 0 aliphatic heterocycles. The van der Waals surface area contributed by atoms with Gasteiger partial charge < -0.3 is 15.5 Å². The Balaban J connectivity index is 1.87. The van der Waals surface area contributed by atoms with E-state index in [9.17, 15) is 0 Å². The first kappa shape index (κ1) is 14.2. The molecule has 0 saturated carbocycles. The number of anilines is 1. The quantitative estimate of drug-likeness (QED) is 0.605. The van der Waals surface area contributed by atoms with E-state index in [1.165, 1.54) is 0 Å². The Morgan fingerprint density at radius 2 is 1.79 bits per heavy atom. The molecule has 0 aliphatic carbocycles. The molecule has 6 nitrogen and oxygen atoms in total. The SMILES string of the molecule is COc1ccccc1-c1cnc(N)c(-c2nc3ccccc3[nH]2)n1. The molecule has 0 spiro atoms. The summed E-state index contributed by atoms with van der Waals surface area (Å²) in [6, 6.07) is 15.4. The third-order valence-corrected chi connectivity index (χ3v) is 3.80. The summed E-state index contributed by atoms with van der Waals surface area (Å²) in [5.74, 6) is 1.65. The van der Waals surface area contributed by atoms with Crippen LogP contribution >= 0.6 is 0 Å². The lowest BCUT2D eigenvalue weighted by atomic mass is 10.1. The van der Waals surface area contributed by atoms with Crippen molar-refractivity contribution < 1.29 is 4.74 Å². The summed E-state index contributed by atoms with van der Waals surface area (Å²) in [7, 11) is 1.63. The summed E-state index contributed by atoms with van der Waals surface area (Å²) >= 11 is 0. The van der Waals surface area contributed by atoms with Crippen LogP contribution in [0.25, 0.3) is 33.8 Å². The number of ether oxygens (including phenoxy) is 1. The molecular formula is C18H15N5O. The number of para-hydroxylation sites is 3. The van der Waals surface area contributed by atoms with Gasteiger partial charge in [-0.15, -0.1) is 0 Å². The summed E-state index contributed by atoms with van der Waals surface area (Å²) in [4.78, 5) is 16.7. The van der Waals surface area contributed by atoms with Gasteiger partial charge in [0, 0.05) is 5.56 Å². The van der Waals surface area contributed by atoms with Crippen LogP contribution in [0, 0.1) is 0 Å². The number of hydrogen-bond donors (Lipinski definition) is 2. The Kier molecular flexibility index (Phi) is 3.35. The van der Waals surface area contributed by atoms with E-state index in [2.05, 4.69) is 19.9 Å². The Hall–Kier alpha value is -3.41. The highest BCUT2D eigenvalue weighted by molar-refractivity contribution is 5.81. The van der Waals surface area contributed by atoms with E-state index in [0.717, 1.165) is 22.3 Å². The fourth-order valence-corrected chi connectivity index (χ4v) is 2.62. The maximum absolute atomic E-state index is 6.03. The van der Waals surface area contributed by atoms with Crippen LogP contribution in [0.15, 0.2) is 54.7 Å². The van der Waals surface area contributed by atoms with Gasteiger partial charge in [0.15, 0.2) is 11.6 Å². The van der Waals surface area contributed by atoms with Crippen molar-refractivity contribution in [2.45, 2.75) is 0 Å². The highest BCUT2D eigenvalue weighted by Gasteiger charge is 2.14. The van der Waals surface area contributed by atoms with Crippen LogP contribution in [0.3, 0.4) is 0 Å². The van der Waals surface area contributed by atoms with Crippen molar-refractivity contribution >= 4 is 16.9 Å². The number of rotatable bonds is 3. The molecule has 0 saturated heterocycles. The van der Waals surface area contributed by atoms with Crippen LogP contribution in [-0.2, 0) is 0 Å². The number of methoxy groups -OCH3 is 1. The maximum Gasteiger partial charge on any atom is 0.161 e. The lowest BCUT2D eigenvalue weighted by Crippen LogP contribution is -2.00. The van der Waals surface area contributed by atoms with Crippen LogP contribution in [0.4, 0.5) is 5.82 Å². The van der Waals surface area contributed by atoms with Crippen LogP contribution in [0.5, 0.6) is 5.75 Å². The van der Waals surface area contributed by atoms with Crippen LogP contribution in [0.1, 0.15) is 0 Å². The number of aromatic nitrogens is 4. The van der Waals surface area contributed by atoms with Gasteiger partial charge in [-0.25, -0.2) is 15.0 Å². The van der Waals surface area contributed by atoms with Gasteiger partial charge in [-0.2, -0.15) is 0 Å². The summed E-state index contributed by atoms with van der Waals surface area (Å²) in [6.07, 6.45) is 1.64. The Labute approximate surface area is 138 Å². The highest BCUT2D eigenvalue weighted by Crippen LogP contribution is 2.30. The van der Waals surface area contributed by atoms with Crippen molar-refractivity contribution in [3.63, 3.8) is 0 Å². The standard InChI is InChI=1S/C18H15N5O/c1-24-15-9-5-2-6-11(15)14-10-20-17(19)16(21-14)18-22-12-7-3-4-8-13(12)23-18/h2-10H,1H3,(H2,19,20)(H,22,23). The molecule has 4 rings (SSSR count). The molecule has 0 bridgehead atoms. The van der Waals surface area contributed by atoms with Gasteiger partial charge in [0.1, 0.15) is 11.4 Å². The van der Waals surface area contributed by atoms with Gasteiger partial charge in [-0.3, -0.25) is 0 Å². The molecule has 0 radical (unpaired) electrons. The maximum atomic E-state index is 6.03. The molecule has 0 aliphatic rings. The van der Waals surface area contributed by atoms with E-state index in [1.54, 1.807) is 13.3 Å². The molecule has 2 aromatic carbocycles. The summed E-state index contributed by atoms with van der Waals surface area (Å²) in [6.45, 7) is 0. The third-order valence-electron chi connectivity index (χ3n) is 3.80. The molecule has 3 N–H and O–H groups in total. The normalized spacial score (nSPS) is 10.9. The topological polar surface area (TPSA) is 89.7 Å². The van der Waals surface area contributed by atoms with Crippen molar-refractivity contribution in [3.8, 4) is 28.5 Å². The molecule has 0 atom stereocenters. The Bertz CT molecular complexity index is 992. The molecule has 2 aromatic heterocycles. The zero-order chi connectivity index (χ0) is 16.5. The number of nitrogens with zero attached hydrogens (tertiary/aromatic N) is 3. The fraction of sp³-hybridized carbons (Fsp3) is 0.0556. The first-order valence-corrected chi connectivity index (χ1v) is 7.47. The van der Waals surface area contributed by atoms with Gasteiger partial charge >= 0.3 is 0 Å². The molecule has 2 heterocycles. The summed E-state index contributed by atoms with van der Waals surface area (Å²) in [5.41, 5.74) is 9.86. The smallest absolute Gasteiger partial charge is 0.161 e. The predicted octanol–water partition coefficient (Wildman–Crippen LogP) is 3.28. The Morgan fingerprint density at radius 3 is 2.62 bits per heavy atom. The molecule has 6 heteroatoms. The van der Waals surface area contributed by atoms with E-state index >= 15 is 0 Å². The highest BCUT2D eigenvalue weighted by atomic mass is 16.5. The van der Waals surface area contributed by atoms with E-state index in [0.29, 0.717) is 23.0 Å². The van der Waals surface area contributed by atoms with Crippen LogP contribution in [0.2, 0.25) is 0 Å². The van der Waals surface area contributed by atoms with Gasteiger partial charge in [0.2, 0.25) is 0 Å². The second-order valence-corrected chi connectivity index (χ2v) is 5.29. The zero-order valence-electron chi connectivity index (χ0n) is 13.0. The van der Waals surface area contributed by atoms with Crippen molar-refractivity contribution in [1.82, 2.24) is 19.9 Å². The number of fused-ring (bicyclic) bond motifs is 1. The molecule has 0 fully saturated rings. The van der Waals surface area contributed by atoms with Crippen LogP contribution in [-0.4, -0.2) is 27.0 Å². The molecule has 24 heavy (non-hydrogen) atoms. The number of H-pyrrole nitrogens is 1. The van der Waals surface area contributed by atoms with E-state index < -0.39 is 0 Å². The molecule has 0 unspecified atom stereocenters. The Morgan fingerprint density at radius 1 is 1.00 bits per heavy atom. The monoisotopic (exact) mass is 317 g/mol. The summed E-state index contributed by atoms with van der Waals surface area (Å²) < 4.78 is 5.40. The van der Waals surface area contributed by atoms with E-state index in [1.807, 2.05) is 48.5 Å². The van der Waals surface area contributed by atoms with E-state index in [4.69, 9.17) is 10.5 Å². The van der Waals surface area contributed by atoms with Gasteiger partial charge in [0.25, 0.3) is 0 Å². The third kappa shape index (κ3) is 2.34. The van der Waals surface area contributed by atoms with E-state index in [-0.39, 0.29) is 0 Å². The minimum Gasteiger partial charge on any atom is -0.496 e. The minimum absolute atomic E-state index is 0.327. The van der Waals surface area contributed by atoms with Crippen LogP contribution < -0.4 is 10.5 Å². The average molecular weight is 317 g/mol. The van der Waals surface area contributed by atoms with Gasteiger partial charge in [0.05, 0.1) is 30.0 Å². The molecule has 0 amide bonds. The largest absolute Gasteiger partial charge is 0.496 e. The van der Waals surface area contributed by atoms with Crippen molar-refractivity contribution in [2.24, 2.45) is 0 Å². The average Bonchev–Trinajstić information content (AvgIpc) is 3.06. The number of nitrogens with two attached hydrogens (primary N) is 1. The molecular weight excluding hydrogens is 302 g/mol. The lowest BCUT2D eigenvalue weighted by Gasteiger charge is -2.09. The summed E-state index contributed by atoms with van der Waals surface area (Å²) in [5, 5.41) is 0. The van der Waals surface area contributed by atoms with Crippen molar-refractivity contribution in [3.05, 3.63) is 54.7 Å². The number of benzene rings is 2. The van der Waals surface area contributed by atoms with Crippen molar-refractivity contribution in [1.29, 1.82) is 0 Å². The predicted molar refractivity (Wildman–Crippen MR) is 93.5 cm³/mol. The number of nitrogen functional groups attached to an aromatic ring is 1. The van der Waals surface area contributed by atoms with Gasteiger partial charge in [-0.05, 0) is 24.3 Å². The number of nitrogens with one attached hydrogen (secondary N) is 1. The lowest BCUT2D eigenvalue weighted by molar-refractivity contribution is 0.416. The number of hydrogen-bond acceptors (Lipinski definition) is 5. The van der Waals surface area contributed by atoms with Gasteiger partial charge in [-0.1, -0.05) is 24.3 Å². The minimum atomic E-state index is 0.327. The molecule has 118 valence electrons. The molecule has 4 aromatic rings.